The Morgan fingerprint density at radius 2 is 2.30 bits per heavy atom. The minimum atomic E-state index is 0.693. The number of fused-ring (bicyclic) bond motifs is 1. The Kier molecular flexibility index (Phi) is 1.14. The molecule has 10 heavy (non-hydrogen) atoms. The SMILES string of the molecule is Sc1cc2nccn2cn1. The number of nitrogens with zero attached hydrogens (tertiary/aromatic N) is 3. The summed E-state index contributed by atoms with van der Waals surface area (Å²) in [7, 11) is 0. The zero-order valence-electron chi connectivity index (χ0n) is 5.10. The molecule has 0 saturated heterocycles. The molecule has 0 aliphatic rings. The lowest BCUT2D eigenvalue weighted by atomic mass is 10.6. The maximum absolute atomic E-state index is 4.07. The van der Waals surface area contributed by atoms with Crippen LogP contribution in [-0.4, -0.2) is 14.4 Å². The molecule has 50 valence electrons. The van der Waals surface area contributed by atoms with Gasteiger partial charge in [-0.3, -0.25) is 4.40 Å². The van der Waals surface area contributed by atoms with E-state index in [1.165, 1.54) is 0 Å². The van der Waals surface area contributed by atoms with Gasteiger partial charge in [-0.1, -0.05) is 0 Å². The minimum Gasteiger partial charge on any atom is -0.290 e. The number of aromatic nitrogens is 3. The first-order valence-corrected chi connectivity index (χ1v) is 3.29. The Balaban J connectivity index is 2.86. The van der Waals surface area contributed by atoms with E-state index >= 15 is 0 Å². The van der Waals surface area contributed by atoms with E-state index in [0.29, 0.717) is 5.03 Å². The van der Waals surface area contributed by atoms with Crippen LogP contribution in [0.25, 0.3) is 5.65 Å². The van der Waals surface area contributed by atoms with Crippen LogP contribution >= 0.6 is 12.6 Å². The second-order valence-corrected chi connectivity index (χ2v) is 2.40. The van der Waals surface area contributed by atoms with Crippen LogP contribution in [0.2, 0.25) is 0 Å². The van der Waals surface area contributed by atoms with Crippen molar-refractivity contribution < 1.29 is 0 Å². The van der Waals surface area contributed by atoms with Crippen LogP contribution in [0, 0.1) is 0 Å². The van der Waals surface area contributed by atoms with Crippen LogP contribution in [0.3, 0.4) is 0 Å². The summed E-state index contributed by atoms with van der Waals surface area (Å²) in [5, 5.41) is 0.693. The number of hydrogen-bond acceptors (Lipinski definition) is 3. The molecule has 3 nitrogen and oxygen atoms in total. The highest BCUT2D eigenvalue weighted by Gasteiger charge is 1.92. The summed E-state index contributed by atoms with van der Waals surface area (Å²) in [6.07, 6.45) is 5.25. The first-order chi connectivity index (χ1) is 4.86. The zero-order valence-corrected chi connectivity index (χ0v) is 5.99. The van der Waals surface area contributed by atoms with E-state index < -0.39 is 0 Å². The first-order valence-electron chi connectivity index (χ1n) is 2.84. The molecule has 0 amide bonds. The highest BCUT2D eigenvalue weighted by atomic mass is 32.1. The summed E-state index contributed by atoms with van der Waals surface area (Å²) < 4.78 is 1.83. The van der Waals surface area contributed by atoms with Gasteiger partial charge in [0.1, 0.15) is 12.0 Å². The highest BCUT2D eigenvalue weighted by molar-refractivity contribution is 7.80. The van der Waals surface area contributed by atoms with Crippen molar-refractivity contribution in [1.82, 2.24) is 14.4 Å². The Hall–Kier alpha value is -1.03. The summed E-state index contributed by atoms with van der Waals surface area (Å²) in [6.45, 7) is 0. The molecular formula is C6H5N3S. The third-order valence-corrected chi connectivity index (χ3v) is 1.52. The molecule has 2 rings (SSSR count). The van der Waals surface area contributed by atoms with Crippen molar-refractivity contribution in [1.29, 1.82) is 0 Å². The molecule has 0 aliphatic heterocycles. The van der Waals surface area contributed by atoms with Gasteiger partial charge < -0.3 is 0 Å². The molecule has 0 spiro atoms. The molecule has 0 radical (unpaired) electrons. The Labute approximate surface area is 63.1 Å². The standard InChI is InChI=1S/C6H5N3S/c10-6-3-5-7-1-2-9(5)4-8-6/h1-4,10H. The van der Waals surface area contributed by atoms with Gasteiger partial charge in [0.05, 0.1) is 5.03 Å². The number of thiol groups is 1. The predicted octanol–water partition coefficient (Wildman–Crippen LogP) is 1.02. The molecule has 0 aliphatic carbocycles. The van der Waals surface area contributed by atoms with Crippen molar-refractivity contribution in [2.75, 3.05) is 0 Å². The van der Waals surface area contributed by atoms with Gasteiger partial charge in [-0.25, -0.2) is 9.97 Å². The summed E-state index contributed by atoms with van der Waals surface area (Å²) in [5.74, 6) is 0. The third-order valence-electron chi connectivity index (χ3n) is 1.27. The number of hydrogen-bond donors (Lipinski definition) is 1. The van der Waals surface area contributed by atoms with Gasteiger partial charge >= 0.3 is 0 Å². The van der Waals surface area contributed by atoms with Crippen LogP contribution in [0.4, 0.5) is 0 Å². The molecule has 0 atom stereocenters. The Morgan fingerprint density at radius 1 is 1.40 bits per heavy atom. The summed E-state index contributed by atoms with van der Waals surface area (Å²) in [6, 6.07) is 1.81. The predicted molar refractivity (Wildman–Crippen MR) is 40.2 cm³/mol. The van der Waals surface area contributed by atoms with E-state index in [1.807, 2.05) is 16.7 Å². The molecule has 0 fully saturated rings. The van der Waals surface area contributed by atoms with Gasteiger partial charge in [0.2, 0.25) is 0 Å². The summed E-state index contributed by atoms with van der Waals surface area (Å²) in [5.41, 5.74) is 0.875. The second-order valence-electron chi connectivity index (χ2n) is 1.94. The molecule has 0 aromatic carbocycles. The van der Waals surface area contributed by atoms with E-state index in [9.17, 15) is 0 Å². The summed E-state index contributed by atoms with van der Waals surface area (Å²) >= 11 is 4.07. The molecule has 2 aromatic rings. The van der Waals surface area contributed by atoms with Crippen LogP contribution in [0.1, 0.15) is 0 Å². The van der Waals surface area contributed by atoms with Crippen molar-refractivity contribution in [3.8, 4) is 0 Å². The maximum Gasteiger partial charge on any atom is 0.140 e. The monoisotopic (exact) mass is 151 g/mol. The van der Waals surface area contributed by atoms with Crippen LogP contribution < -0.4 is 0 Å². The largest absolute Gasteiger partial charge is 0.290 e. The molecule has 0 saturated carbocycles. The van der Waals surface area contributed by atoms with Crippen molar-refractivity contribution in [3.63, 3.8) is 0 Å². The van der Waals surface area contributed by atoms with E-state index in [4.69, 9.17) is 0 Å². The molecule has 2 heterocycles. The van der Waals surface area contributed by atoms with Crippen molar-refractivity contribution in [3.05, 3.63) is 24.8 Å². The lowest BCUT2D eigenvalue weighted by Gasteiger charge is -1.91. The molecule has 0 bridgehead atoms. The molecule has 4 heteroatoms. The average molecular weight is 151 g/mol. The van der Waals surface area contributed by atoms with E-state index in [-0.39, 0.29) is 0 Å². The van der Waals surface area contributed by atoms with Crippen molar-refractivity contribution in [2.24, 2.45) is 0 Å². The quantitative estimate of drug-likeness (QED) is 0.450. The van der Waals surface area contributed by atoms with Gasteiger partial charge in [-0.2, -0.15) is 0 Å². The van der Waals surface area contributed by atoms with Gasteiger partial charge in [0, 0.05) is 18.5 Å². The maximum atomic E-state index is 4.07. The van der Waals surface area contributed by atoms with Gasteiger partial charge in [0.25, 0.3) is 0 Å². The van der Waals surface area contributed by atoms with Crippen LogP contribution in [0.5, 0.6) is 0 Å². The Bertz CT molecular complexity index is 355. The fourth-order valence-corrected chi connectivity index (χ4v) is 0.975. The Morgan fingerprint density at radius 3 is 3.20 bits per heavy atom. The van der Waals surface area contributed by atoms with Gasteiger partial charge in [0.15, 0.2) is 0 Å². The van der Waals surface area contributed by atoms with E-state index in [0.717, 1.165) is 5.65 Å². The lowest BCUT2D eigenvalue weighted by molar-refractivity contribution is 1.01. The van der Waals surface area contributed by atoms with Crippen molar-refractivity contribution in [2.45, 2.75) is 5.03 Å². The molecular weight excluding hydrogens is 146 g/mol. The van der Waals surface area contributed by atoms with E-state index in [2.05, 4.69) is 22.6 Å². The molecule has 0 N–H and O–H groups in total. The zero-order chi connectivity index (χ0) is 6.97. The smallest absolute Gasteiger partial charge is 0.140 e. The second kappa shape index (κ2) is 1.98. The third kappa shape index (κ3) is 0.769. The fraction of sp³-hybridized carbons (Fsp3) is 0. The molecule has 0 unspecified atom stereocenters. The molecule has 2 aromatic heterocycles. The highest BCUT2D eigenvalue weighted by Crippen LogP contribution is 2.04. The average Bonchev–Trinajstić information content (AvgIpc) is 2.33. The van der Waals surface area contributed by atoms with Gasteiger partial charge in [-0.05, 0) is 0 Å². The fourth-order valence-electron chi connectivity index (χ4n) is 0.808. The topological polar surface area (TPSA) is 30.2 Å². The van der Waals surface area contributed by atoms with Crippen molar-refractivity contribution >= 4 is 18.3 Å². The van der Waals surface area contributed by atoms with Gasteiger partial charge in [-0.15, -0.1) is 12.6 Å². The minimum absolute atomic E-state index is 0.693. The first kappa shape index (κ1) is 5.73. The van der Waals surface area contributed by atoms with Crippen LogP contribution in [0.15, 0.2) is 29.8 Å². The normalized spacial score (nSPS) is 10.5. The lowest BCUT2D eigenvalue weighted by Crippen LogP contribution is -1.84. The summed E-state index contributed by atoms with van der Waals surface area (Å²) in [4.78, 5) is 8.02. The van der Waals surface area contributed by atoms with Crippen LogP contribution in [-0.2, 0) is 0 Å². The number of imidazole rings is 1. The number of rotatable bonds is 0. The van der Waals surface area contributed by atoms with E-state index in [1.54, 1.807) is 12.5 Å².